The summed E-state index contributed by atoms with van der Waals surface area (Å²) in [5.41, 5.74) is 0.781. The van der Waals surface area contributed by atoms with E-state index in [9.17, 15) is 4.79 Å². The number of benzene rings is 2. The molecular formula is C21H25ClN2O2. The van der Waals surface area contributed by atoms with Crippen molar-refractivity contribution < 1.29 is 9.53 Å². The van der Waals surface area contributed by atoms with Gasteiger partial charge in [-0.05, 0) is 61.7 Å². The highest BCUT2D eigenvalue weighted by Gasteiger charge is 2.23. The van der Waals surface area contributed by atoms with Crippen LogP contribution in [0.15, 0.2) is 54.6 Å². The van der Waals surface area contributed by atoms with E-state index in [0.29, 0.717) is 17.5 Å². The minimum Gasteiger partial charge on any atom is -0.492 e. The second-order valence-electron chi connectivity index (χ2n) is 6.61. The smallest absolute Gasteiger partial charge is 0.253 e. The van der Waals surface area contributed by atoms with E-state index in [-0.39, 0.29) is 5.91 Å². The molecule has 0 atom stereocenters. The molecule has 0 radical (unpaired) electrons. The van der Waals surface area contributed by atoms with Crippen LogP contribution in [0, 0.1) is 5.92 Å². The predicted octanol–water partition coefficient (Wildman–Crippen LogP) is 3.86. The van der Waals surface area contributed by atoms with Gasteiger partial charge < -0.3 is 15.0 Å². The third kappa shape index (κ3) is 5.48. The van der Waals surface area contributed by atoms with Gasteiger partial charge in [0.2, 0.25) is 0 Å². The lowest BCUT2D eigenvalue weighted by Crippen LogP contribution is -2.41. The fraction of sp³-hybridized carbons (Fsp3) is 0.381. The van der Waals surface area contributed by atoms with Crippen LogP contribution < -0.4 is 10.1 Å². The Hall–Kier alpha value is -2.04. The number of ether oxygens (including phenoxy) is 1. The van der Waals surface area contributed by atoms with Gasteiger partial charge in [-0.25, -0.2) is 0 Å². The van der Waals surface area contributed by atoms with Gasteiger partial charge >= 0.3 is 0 Å². The number of nitrogens with one attached hydrogen (secondary N) is 1. The Labute approximate surface area is 160 Å². The van der Waals surface area contributed by atoms with Crippen LogP contribution in [0.2, 0.25) is 5.02 Å². The predicted molar refractivity (Wildman–Crippen MR) is 105 cm³/mol. The summed E-state index contributed by atoms with van der Waals surface area (Å²) in [6.45, 7) is 4.08. The van der Waals surface area contributed by atoms with Crippen molar-refractivity contribution in [1.82, 2.24) is 10.2 Å². The Morgan fingerprint density at radius 3 is 2.46 bits per heavy atom. The van der Waals surface area contributed by atoms with E-state index in [4.69, 9.17) is 16.3 Å². The van der Waals surface area contributed by atoms with Gasteiger partial charge in [0.15, 0.2) is 0 Å². The summed E-state index contributed by atoms with van der Waals surface area (Å²) in [5, 5.41) is 4.17. The zero-order chi connectivity index (χ0) is 18.2. The molecule has 1 heterocycles. The van der Waals surface area contributed by atoms with E-state index in [1.807, 2.05) is 59.5 Å². The van der Waals surface area contributed by atoms with Crippen molar-refractivity contribution in [2.45, 2.75) is 12.8 Å². The number of halogens is 1. The topological polar surface area (TPSA) is 41.6 Å². The number of amides is 1. The highest BCUT2D eigenvalue weighted by molar-refractivity contribution is 6.30. The molecular weight excluding hydrogens is 348 g/mol. The number of carbonyl (C=O) groups is 1. The third-order valence-corrected chi connectivity index (χ3v) is 4.97. The van der Waals surface area contributed by atoms with Gasteiger partial charge in [0.25, 0.3) is 5.91 Å². The first-order valence-corrected chi connectivity index (χ1v) is 9.53. The molecule has 1 saturated heterocycles. The van der Waals surface area contributed by atoms with Crippen LogP contribution in [-0.4, -0.2) is 43.6 Å². The lowest BCUT2D eigenvalue weighted by atomic mass is 9.96. The number of hydrogen-bond acceptors (Lipinski definition) is 3. The van der Waals surface area contributed by atoms with E-state index in [1.165, 1.54) is 0 Å². The van der Waals surface area contributed by atoms with Crippen molar-refractivity contribution in [2.75, 3.05) is 32.8 Å². The molecule has 0 aromatic heterocycles. The molecule has 0 unspecified atom stereocenters. The monoisotopic (exact) mass is 372 g/mol. The van der Waals surface area contributed by atoms with Crippen LogP contribution in [0.1, 0.15) is 23.2 Å². The van der Waals surface area contributed by atoms with Crippen LogP contribution >= 0.6 is 11.6 Å². The average Bonchev–Trinajstić information content (AvgIpc) is 2.70. The minimum absolute atomic E-state index is 0.147. The normalized spacial score (nSPS) is 15.0. The fourth-order valence-corrected chi connectivity index (χ4v) is 3.31. The van der Waals surface area contributed by atoms with Crippen molar-refractivity contribution in [1.29, 1.82) is 0 Å². The highest BCUT2D eigenvalue weighted by Crippen LogP contribution is 2.18. The SMILES string of the molecule is O=C(c1ccccc1)N1CCC(CNCCOc2ccc(Cl)cc2)CC1. The molecule has 2 aromatic carbocycles. The molecule has 1 N–H and O–H groups in total. The molecule has 0 aliphatic carbocycles. The standard InChI is InChI=1S/C21H25ClN2O2/c22-19-6-8-20(9-7-19)26-15-12-23-16-17-10-13-24(14-11-17)21(25)18-4-2-1-3-5-18/h1-9,17,23H,10-16H2. The van der Waals surface area contributed by atoms with Gasteiger partial charge in [0.1, 0.15) is 12.4 Å². The maximum atomic E-state index is 12.4. The minimum atomic E-state index is 0.147. The molecule has 0 spiro atoms. The average molecular weight is 373 g/mol. The Balaban J connectivity index is 1.30. The largest absolute Gasteiger partial charge is 0.492 e. The van der Waals surface area contributed by atoms with Crippen LogP contribution in [-0.2, 0) is 0 Å². The zero-order valence-electron chi connectivity index (χ0n) is 14.9. The summed E-state index contributed by atoms with van der Waals surface area (Å²) >= 11 is 5.85. The van der Waals surface area contributed by atoms with Gasteiger partial charge in [-0.3, -0.25) is 4.79 Å². The molecule has 0 bridgehead atoms. The lowest BCUT2D eigenvalue weighted by Gasteiger charge is -2.32. The van der Waals surface area contributed by atoms with Crippen molar-refractivity contribution in [3.63, 3.8) is 0 Å². The molecule has 0 saturated carbocycles. The number of carbonyl (C=O) groups excluding carboxylic acids is 1. The Kier molecular flexibility index (Phi) is 6.92. The number of nitrogens with zero attached hydrogens (tertiary/aromatic N) is 1. The fourth-order valence-electron chi connectivity index (χ4n) is 3.18. The zero-order valence-corrected chi connectivity index (χ0v) is 15.6. The Morgan fingerprint density at radius 1 is 1.08 bits per heavy atom. The number of piperidine rings is 1. The van der Waals surface area contributed by atoms with E-state index in [1.54, 1.807) is 0 Å². The summed E-state index contributed by atoms with van der Waals surface area (Å²) in [7, 11) is 0. The summed E-state index contributed by atoms with van der Waals surface area (Å²) in [5.74, 6) is 1.60. The quantitative estimate of drug-likeness (QED) is 0.750. The van der Waals surface area contributed by atoms with Gasteiger partial charge in [-0.2, -0.15) is 0 Å². The Morgan fingerprint density at radius 2 is 1.77 bits per heavy atom. The molecule has 3 rings (SSSR count). The molecule has 1 aliphatic rings. The van der Waals surface area contributed by atoms with Crippen molar-refractivity contribution in [3.05, 3.63) is 65.2 Å². The van der Waals surface area contributed by atoms with Crippen LogP contribution in [0.3, 0.4) is 0 Å². The van der Waals surface area contributed by atoms with Crippen LogP contribution in [0.5, 0.6) is 5.75 Å². The van der Waals surface area contributed by atoms with Crippen molar-refractivity contribution in [2.24, 2.45) is 5.92 Å². The molecule has 26 heavy (non-hydrogen) atoms. The van der Waals surface area contributed by atoms with E-state index >= 15 is 0 Å². The van der Waals surface area contributed by atoms with E-state index in [0.717, 1.165) is 50.3 Å². The summed E-state index contributed by atoms with van der Waals surface area (Å²) < 4.78 is 5.67. The highest BCUT2D eigenvalue weighted by atomic mass is 35.5. The molecule has 2 aromatic rings. The van der Waals surface area contributed by atoms with Gasteiger partial charge in [0, 0.05) is 30.2 Å². The molecule has 138 valence electrons. The maximum absolute atomic E-state index is 12.4. The van der Waals surface area contributed by atoms with Crippen LogP contribution in [0.4, 0.5) is 0 Å². The lowest BCUT2D eigenvalue weighted by molar-refractivity contribution is 0.0690. The summed E-state index contributed by atoms with van der Waals surface area (Å²) in [4.78, 5) is 14.4. The van der Waals surface area contributed by atoms with Crippen LogP contribution in [0.25, 0.3) is 0 Å². The van der Waals surface area contributed by atoms with Gasteiger partial charge in [-0.1, -0.05) is 29.8 Å². The van der Waals surface area contributed by atoms with Gasteiger partial charge in [-0.15, -0.1) is 0 Å². The Bertz CT molecular complexity index is 683. The third-order valence-electron chi connectivity index (χ3n) is 4.72. The second-order valence-corrected chi connectivity index (χ2v) is 7.04. The summed E-state index contributed by atoms with van der Waals surface area (Å²) in [6.07, 6.45) is 2.09. The first-order valence-electron chi connectivity index (χ1n) is 9.16. The first-order chi connectivity index (χ1) is 12.7. The second kappa shape index (κ2) is 9.60. The molecule has 5 heteroatoms. The number of likely N-dealkylation sites (tertiary alicyclic amines) is 1. The summed E-state index contributed by atoms with van der Waals surface area (Å²) in [6, 6.07) is 16.9. The molecule has 1 amide bonds. The van der Waals surface area contributed by atoms with E-state index in [2.05, 4.69) is 5.32 Å². The molecule has 4 nitrogen and oxygen atoms in total. The van der Waals surface area contributed by atoms with Gasteiger partial charge in [0.05, 0.1) is 0 Å². The maximum Gasteiger partial charge on any atom is 0.253 e. The number of rotatable bonds is 7. The molecule has 1 fully saturated rings. The molecule has 1 aliphatic heterocycles. The van der Waals surface area contributed by atoms with Crippen molar-refractivity contribution >= 4 is 17.5 Å². The van der Waals surface area contributed by atoms with E-state index < -0.39 is 0 Å². The number of hydrogen-bond donors (Lipinski definition) is 1. The first kappa shape index (κ1) is 18.7. The van der Waals surface area contributed by atoms with Crippen molar-refractivity contribution in [3.8, 4) is 5.75 Å².